The molecule has 2 aliphatic carbocycles. The van der Waals surface area contributed by atoms with E-state index in [9.17, 15) is 14.9 Å². The molecule has 0 unspecified atom stereocenters. The van der Waals surface area contributed by atoms with E-state index in [1.807, 2.05) is 31.2 Å². The van der Waals surface area contributed by atoms with Gasteiger partial charge in [-0.3, -0.25) is 9.78 Å². The zero-order valence-electron chi connectivity index (χ0n) is 24.9. The molecule has 4 rings (SSSR count). The molecule has 2 heterocycles. The number of hydrogen-bond acceptors (Lipinski definition) is 5. The molecule has 3 aliphatic rings. The quantitative estimate of drug-likeness (QED) is 0.394. The van der Waals surface area contributed by atoms with E-state index >= 15 is 0 Å². The molecule has 0 saturated carbocycles. The Hall–Kier alpha value is -3.98. The third-order valence-electron chi connectivity index (χ3n) is 8.12. The molecule has 1 N–H and O–H groups in total. The number of likely N-dealkylation sites (tertiary alicyclic amines) is 1. The van der Waals surface area contributed by atoms with Gasteiger partial charge in [-0.1, -0.05) is 17.2 Å². The highest BCUT2D eigenvalue weighted by molar-refractivity contribution is 5.87. The summed E-state index contributed by atoms with van der Waals surface area (Å²) in [6.07, 6.45) is 18.4. The second kappa shape index (κ2) is 14.1. The first-order valence-electron chi connectivity index (χ1n) is 14.8. The van der Waals surface area contributed by atoms with Crippen molar-refractivity contribution in [3.8, 4) is 6.07 Å². The zero-order chi connectivity index (χ0) is 29.4. The minimum Gasteiger partial charge on any atom is -0.372 e. The minimum absolute atomic E-state index is 0.0687. The molecular formula is C35H42N4O2. The lowest BCUT2D eigenvalue weighted by molar-refractivity contribution is -0.120. The van der Waals surface area contributed by atoms with Crippen LogP contribution in [0.25, 0.3) is 5.57 Å². The molecule has 0 aromatic carbocycles. The number of allylic oxidation sites excluding steroid dienone is 10. The molecule has 1 fully saturated rings. The number of ketones is 1. The first-order valence-corrected chi connectivity index (χ1v) is 14.8. The number of pyridine rings is 1. The van der Waals surface area contributed by atoms with E-state index in [1.165, 1.54) is 11.3 Å². The SMILES string of the molecule is CC(=O)CC1CCN(C2=CC=C(NC(=O)CC3=CCCC(C)=C(c4ccnc(C)c4)C(C#N)=C3)CCC(C)=C2)CC1. The number of carbonyl (C=O) groups is 2. The number of nitriles is 1. The van der Waals surface area contributed by atoms with Crippen molar-refractivity contribution in [1.29, 1.82) is 5.26 Å². The largest absolute Gasteiger partial charge is 0.372 e. The molecule has 0 atom stereocenters. The Bertz CT molecular complexity index is 1410. The molecule has 6 heteroatoms. The molecule has 1 aromatic rings. The van der Waals surface area contributed by atoms with E-state index in [0.29, 0.717) is 17.9 Å². The smallest absolute Gasteiger partial charge is 0.228 e. The van der Waals surface area contributed by atoms with E-state index in [0.717, 1.165) is 85.3 Å². The van der Waals surface area contributed by atoms with Gasteiger partial charge in [0.25, 0.3) is 0 Å². The maximum atomic E-state index is 13.2. The van der Waals surface area contributed by atoms with E-state index in [2.05, 4.69) is 53.3 Å². The Morgan fingerprint density at radius 2 is 1.88 bits per heavy atom. The van der Waals surface area contributed by atoms with Crippen molar-refractivity contribution in [2.24, 2.45) is 5.92 Å². The number of aromatic nitrogens is 1. The first kappa shape index (κ1) is 30.0. The van der Waals surface area contributed by atoms with Crippen LogP contribution < -0.4 is 5.32 Å². The van der Waals surface area contributed by atoms with E-state index in [1.54, 1.807) is 13.1 Å². The molecule has 1 amide bonds. The van der Waals surface area contributed by atoms with Gasteiger partial charge in [0.15, 0.2) is 0 Å². The van der Waals surface area contributed by atoms with Crippen LogP contribution in [0.2, 0.25) is 0 Å². The minimum atomic E-state index is -0.0687. The number of piperidine rings is 1. The van der Waals surface area contributed by atoms with Gasteiger partial charge in [0.05, 0.1) is 18.1 Å². The van der Waals surface area contributed by atoms with Crippen molar-refractivity contribution in [2.45, 2.75) is 79.1 Å². The highest BCUT2D eigenvalue weighted by atomic mass is 16.1. The number of aryl methyl sites for hydroxylation is 1. The topological polar surface area (TPSA) is 86.1 Å². The molecule has 1 aliphatic heterocycles. The maximum absolute atomic E-state index is 13.2. The number of amides is 1. The summed E-state index contributed by atoms with van der Waals surface area (Å²) in [5.41, 5.74) is 8.80. The van der Waals surface area contributed by atoms with E-state index in [-0.39, 0.29) is 18.1 Å². The zero-order valence-corrected chi connectivity index (χ0v) is 24.9. The summed E-state index contributed by atoms with van der Waals surface area (Å²) in [6.45, 7) is 9.74. The fraction of sp³-hybridized carbons (Fsp3) is 0.429. The van der Waals surface area contributed by atoms with Gasteiger partial charge in [-0.05, 0) is 125 Å². The van der Waals surface area contributed by atoms with Crippen LogP contribution in [0.5, 0.6) is 0 Å². The Morgan fingerprint density at radius 1 is 1.10 bits per heavy atom. The molecule has 1 aromatic heterocycles. The highest BCUT2D eigenvalue weighted by Gasteiger charge is 2.22. The van der Waals surface area contributed by atoms with Crippen molar-refractivity contribution in [3.63, 3.8) is 0 Å². The third kappa shape index (κ3) is 8.50. The average molecular weight is 551 g/mol. The fourth-order valence-corrected chi connectivity index (χ4v) is 5.95. The van der Waals surface area contributed by atoms with Crippen molar-refractivity contribution in [3.05, 3.63) is 93.7 Å². The number of Topliss-reactive ketones (excluding diaryl/α,β-unsaturated/α-hetero) is 1. The van der Waals surface area contributed by atoms with Gasteiger partial charge in [-0.2, -0.15) is 5.26 Å². The number of rotatable bonds is 7. The van der Waals surface area contributed by atoms with Crippen LogP contribution in [0.15, 0.2) is 82.4 Å². The van der Waals surface area contributed by atoms with Gasteiger partial charge in [-0.25, -0.2) is 0 Å². The lowest BCUT2D eigenvalue weighted by Gasteiger charge is -2.34. The van der Waals surface area contributed by atoms with Crippen molar-refractivity contribution in [1.82, 2.24) is 15.2 Å². The van der Waals surface area contributed by atoms with Crippen molar-refractivity contribution < 1.29 is 9.59 Å². The number of carbonyl (C=O) groups excluding carboxylic acids is 2. The molecule has 0 bridgehead atoms. The highest BCUT2D eigenvalue weighted by Crippen LogP contribution is 2.32. The molecule has 6 nitrogen and oxygen atoms in total. The fourth-order valence-electron chi connectivity index (χ4n) is 5.95. The molecule has 1 saturated heterocycles. The molecule has 0 radical (unpaired) electrons. The lowest BCUT2D eigenvalue weighted by atomic mass is 9.88. The number of nitrogens with one attached hydrogen (secondary N) is 1. The van der Waals surface area contributed by atoms with Gasteiger partial charge < -0.3 is 15.0 Å². The Kier molecular flexibility index (Phi) is 10.3. The predicted octanol–water partition coefficient (Wildman–Crippen LogP) is 7.04. The van der Waals surface area contributed by atoms with Crippen LogP contribution in [-0.2, 0) is 9.59 Å². The van der Waals surface area contributed by atoms with Crippen LogP contribution in [-0.4, -0.2) is 34.7 Å². The van der Waals surface area contributed by atoms with Crippen molar-refractivity contribution in [2.75, 3.05) is 13.1 Å². The Balaban J connectivity index is 1.45. The monoisotopic (exact) mass is 550 g/mol. The lowest BCUT2D eigenvalue weighted by Crippen LogP contribution is -2.33. The van der Waals surface area contributed by atoms with Crippen LogP contribution >= 0.6 is 0 Å². The van der Waals surface area contributed by atoms with E-state index < -0.39 is 0 Å². The summed E-state index contributed by atoms with van der Waals surface area (Å²) in [5, 5.41) is 13.2. The first-order chi connectivity index (χ1) is 19.7. The summed E-state index contributed by atoms with van der Waals surface area (Å²) >= 11 is 0. The van der Waals surface area contributed by atoms with Gasteiger partial charge in [0.1, 0.15) is 5.78 Å². The number of hydrogen-bond donors (Lipinski definition) is 1. The summed E-state index contributed by atoms with van der Waals surface area (Å²) in [4.78, 5) is 31.5. The normalized spacial score (nSPS) is 18.8. The second-order valence-corrected chi connectivity index (χ2v) is 11.7. The van der Waals surface area contributed by atoms with Crippen LogP contribution in [0, 0.1) is 24.2 Å². The molecular weight excluding hydrogens is 508 g/mol. The van der Waals surface area contributed by atoms with Gasteiger partial charge in [0, 0.05) is 42.8 Å². The summed E-state index contributed by atoms with van der Waals surface area (Å²) in [5.74, 6) is 0.690. The maximum Gasteiger partial charge on any atom is 0.228 e. The van der Waals surface area contributed by atoms with Gasteiger partial charge in [-0.15, -0.1) is 0 Å². The van der Waals surface area contributed by atoms with Gasteiger partial charge >= 0.3 is 0 Å². The summed E-state index contributed by atoms with van der Waals surface area (Å²) in [7, 11) is 0. The molecule has 0 spiro atoms. The molecule has 214 valence electrons. The Labute approximate surface area is 244 Å². The third-order valence-corrected chi connectivity index (χ3v) is 8.12. The standard InChI is InChI=1S/C35H42N4O2/c1-24-8-9-32(10-11-33(18-24)39-16-13-28(14-17-39)20-27(4)40)38-34(41)22-29-7-5-6-25(2)35(31(21-29)23-36)30-12-15-37-26(3)19-30/h7,10-12,15,18-19,21,28H,5-6,8-9,13-14,16-17,20,22H2,1-4H3,(H,38,41). The number of nitrogens with zero attached hydrogens (tertiary/aromatic N) is 3. The molecule has 41 heavy (non-hydrogen) atoms. The Morgan fingerprint density at radius 3 is 2.59 bits per heavy atom. The second-order valence-electron chi connectivity index (χ2n) is 11.7. The summed E-state index contributed by atoms with van der Waals surface area (Å²) < 4.78 is 0. The average Bonchev–Trinajstić information content (AvgIpc) is 2.91. The van der Waals surface area contributed by atoms with E-state index in [4.69, 9.17) is 0 Å². The summed E-state index contributed by atoms with van der Waals surface area (Å²) in [6, 6.07) is 6.34. The van der Waals surface area contributed by atoms with Gasteiger partial charge in [0.2, 0.25) is 5.91 Å². The van der Waals surface area contributed by atoms with Crippen LogP contribution in [0.1, 0.15) is 83.4 Å². The van der Waals surface area contributed by atoms with Crippen LogP contribution in [0.4, 0.5) is 0 Å². The van der Waals surface area contributed by atoms with Crippen LogP contribution in [0.3, 0.4) is 0 Å². The predicted molar refractivity (Wildman–Crippen MR) is 164 cm³/mol. The van der Waals surface area contributed by atoms with Crippen molar-refractivity contribution >= 4 is 17.3 Å².